The number of carbonyl (C=O) groups is 3. The molecule has 0 aromatic rings. The van der Waals surface area contributed by atoms with E-state index in [9.17, 15) is 14.4 Å². The Balaban J connectivity index is 0.000000330. The summed E-state index contributed by atoms with van der Waals surface area (Å²) in [5.74, 6) is 1.25. The zero-order valence-electron chi connectivity index (χ0n) is 21.4. The van der Waals surface area contributed by atoms with Crippen molar-refractivity contribution in [2.24, 2.45) is 0 Å². The number of amides is 2. The second-order valence-corrected chi connectivity index (χ2v) is 15.5. The van der Waals surface area contributed by atoms with Gasteiger partial charge in [-0.2, -0.15) is 0 Å². The van der Waals surface area contributed by atoms with Crippen LogP contribution in [0.2, 0.25) is 19.6 Å². The van der Waals surface area contributed by atoms with Crippen LogP contribution in [0.25, 0.3) is 0 Å². The van der Waals surface area contributed by atoms with E-state index in [1.54, 1.807) is 9.80 Å². The minimum absolute atomic E-state index is 0.227. The molecule has 184 valence electrons. The number of hydrogen-bond acceptors (Lipinski definition) is 6. The summed E-state index contributed by atoms with van der Waals surface area (Å²) in [5.41, 5.74) is -0.894. The Morgan fingerprint density at radius 2 is 1.25 bits per heavy atom. The molecule has 1 saturated heterocycles. The highest BCUT2D eigenvalue weighted by molar-refractivity contribution is 6.70. The predicted octanol–water partition coefficient (Wildman–Crippen LogP) is 4.95. The molecule has 0 aliphatic carbocycles. The fraction of sp³-hybridized carbons (Fsp3) is 0.783. The molecule has 32 heavy (non-hydrogen) atoms. The van der Waals surface area contributed by atoms with Crippen molar-refractivity contribution in [3.8, 4) is 0 Å². The number of ether oxygens (including phenoxy) is 2. The standard InChI is InChI=1S/C13H25NO3Si.C10H17NO3/c1-13(2,3)16-12(15)14-9-7-11(8-10-14)17-18(4,5)6;1-10(2,3)14-9(13)11-6-4-8(12)5-7-11/h7H,8-10H2,1-6H3;4-7H2,1-3H3. The molecule has 0 atom stereocenters. The molecule has 2 aliphatic heterocycles. The van der Waals surface area contributed by atoms with E-state index >= 15 is 0 Å². The van der Waals surface area contributed by atoms with Crippen molar-refractivity contribution < 1.29 is 28.3 Å². The van der Waals surface area contributed by atoms with Crippen molar-refractivity contribution in [3.63, 3.8) is 0 Å². The third-order valence-corrected chi connectivity index (χ3v) is 5.10. The third-order valence-electron chi connectivity index (χ3n) is 4.23. The lowest BCUT2D eigenvalue weighted by Gasteiger charge is -2.31. The first-order chi connectivity index (χ1) is 14.5. The lowest BCUT2D eigenvalue weighted by molar-refractivity contribution is -0.121. The molecule has 2 aliphatic rings. The maximum atomic E-state index is 11.8. The van der Waals surface area contributed by atoms with Crippen LogP contribution in [0.4, 0.5) is 9.59 Å². The average molecular weight is 471 g/mol. The molecular weight excluding hydrogens is 428 g/mol. The number of likely N-dealkylation sites (tertiary alicyclic amines) is 1. The summed E-state index contributed by atoms with van der Waals surface area (Å²) in [4.78, 5) is 37.6. The van der Waals surface area contributed by atoms with Gasteiger partial charge in [-0.3, -0.25) is 4.79 Å². The maximum Gasteiger partial charge on any atom is 0.410 e. The normalized spacial score (nSPS) is 17.7. The molecule has 2 amide bonds. The zero-order chi connectivity index (χ0) is 24.7. The number of piperidine rings is 1. The molecule has 0 aromatic carbocycles. The van der Waals surface area contributed by atoms with Gasteiger partial charge in [-0.05, 0) is 67.3 Å². The summed E-state index contributed by atoms with van der Waals surface area (Å²) in [5, 5.41) is 0. The van der Waals surface area contributed by atoms with E-state index in [0.717, 1.165) is 12.2 Å². The Hall–Kier alpha value is -2.03. The van der Waals surface area contributed by atoms with Gasteiger partial charge in [-0.1, -0.05) is 0 Å². The van der Waals surface area contributed by atoms with Crippen LogP contribution in [0, 0.1) is 0 Å². The van der Waals surface area contributed by atoms with Gasteiger partial charge >= 0.3 is 12.2 Å². The molecule has 0 bridgehead atoms. The predicted molar refractivity (Wildman–Crippen MR) is 127 cm³/mol. The molecular formula is C23H42N2O6Si. The Labute approximate surface area is 194 Å². The van der Waals surface area contributed by atoms with Crippen molar-refractivity contribution in [3.05, 3.63) is 11.8 Å². The van der Waals surface area contributed by atoms with E-state index in [-0.39, 0.29) is 18.0 Å². The Morgan fingerprint density at radius 3 is 1.62 bits per heavy atom. The first-order valence-corrected chi connectivity index (χ1v) is 14.7. The van der Waals surface area contributed by atoms with Crippen molar-refractivity contribution >= 4 is 26.3 Å². The SMILES string of the molecule is CC(C)(C)OC(=O)N1CC=C(O[Si](C)(C)C)CC1.CC(C)(C)OC(=O)N1CCC(=O)CC1. The molecule has 1 fully saturated rings. The Bertz CT molecular complexity index is 691. The summed E-state index contributed by atoms with van der Waals surface area (Å²) in [6.07, 6.45) is 3.13. The van der Waals surface area contributed by atoms with E-state index in [1.165, 1.54) is 0 Å². The molecule has 0 spiro atoms. The highest BCUT2D eigenvalue weighted by Gasteiger charge is 2.26. The van der Waals surface area contributed by atoms with Crippen LogP contribution in [0.5, 0.6) is 0 Å². The lowest BCUT2D eigenvalue weighted by atomic mass is 10.1. The highest BCUT2D eigenvalue weighted by Crippen LogP contribution is 2.19. The molecule has 2 rings (SSSR count). The number of Topliss-reactive ketones (excluding diaryl/α,β-unsaturated/α-hetero) is 1. The topological polar surface area (TPSA) is 85.4 Å². The molecule has 0 unspecified atom stereocenters. The van der Waals surface area contributed by atoms with Crippen LogP contribution in [0.1, 0.15) is 60.8 Å². The number of hydrogen-bond donors (Lipinski definition) is 0. The van der Waals surface area contributed by atoms with Crippen molar-refractivity contribution in [2.45, 2.75) is 91.6 Å². The summed E-state index contributed by atoms with van der Waals surface area (Å²) in [6.45, 7) is 19.9. The quantitative estimate of drug-likeness (QED) is 0.531. The number of carbonyl (C=O) groups excluding carboxylic acids is 3. The van der Waals surface area contributed by atoms with E-state index in [1.807, 2.05) is 47.6 Å². The van der Waals surface area contributed by atoms with Gasteiger partial charge in [0, 0.05) is 45.4 Å². The first-order valence-electron chi connectivity index (χ1n) is 11.3. The van der Waals surface area contributed by atoms with Crippen LogP contribution in [-0.2, 0) is 18.7 Å². The summed E-state index contributed by atoms with van der Waals surface area (Å²) in [6, 6.07) is 0. The largest absolute Gasteiger partial charge is 0.547 e. The molecule has 2 heterocycles. The Kier molecular flexibility index (Phi) is 9.80. The maximum absolute atomic E-state index is 11.8. The minimum atomic E-state index is -1.54. The van der Waals surface area contributed by atoms with Gasteiger partial charge in [-0.15, -0.1) is 0 Å². The molecule has 0 saturated carbocycles. The Morgan fingerprint density at radius 1 is 0.812 bits per heavy atom. The van der Waals surface area contributed by atoms with E-state index in [4.69, 9.17) is 13.9 Å². The van der Waals surface area contributed by atoms with Crippen LogP contribution in [0.3, 0.4) is 0 Å². The van der Waals surface area contributed by atoms with Crippen LogP contribution in [0.15, 0.2) is 11.8 Å². The van der Waals surface area contributed by atoms with Gasteiger partial charge in [0.25, 0.3) is 0 Å². The van der Waals surface area contributed by atoms with E-state index in [2.05, 4.69) is 19.6 Å². The number of ketones is 1. The van der Waals surface area contributed by atoms with Crippen molar-refractivity contribution in [1.82, 2.24) is 9.80 Å². The smallest absolute Gasteiger partial charge is 0.410 e. The van der Waals surface area contributed by atoms with Gasteiger partial charge < -0.3 is 23.7 Å². The second kappa shape index (κ2) is 11.2. The molecule has 0 radical (unpaired) electrons. The summed E-state index contributed by atoms with van der Waals surface area (Å²) >= 11 is 0. The van der Waals surface area contributed by atoms with Gasteiger partial charge in [0.15, 0.2) is 0 Å². The van der Waals surface area contributed by atoms with Crippen LogP contribution in [-0.4, -0.2) is 73.5 Å². The van der Waals surface area contributed by atoms with Crippen LogP contribution >= 0.6 is 0 Å². The van der Waals surface area contributed by atoms with Gasteiger partial charge in [0.05, 0.1) is 5.76 Å². The molecule has 0 N–H and O–H groups in total. The second-order valence-electron chi connectivity index (χ2n) is 11.1. The fourth-order valence-corrected chi connectivity index (χ4v) is 3.87. The average Bonchev–Trinajstić information content (AvgIpc) is 2.59. The summed E-state index contributed by atoms with van der Waals surface area (Å²) < 4.78 is 16.5. The van der Waals surface area contributed by atoms with Crippen molar-refractivity contribution in [2.75, 3.05) is 26.2 Å². The first kappa shape index (κ1) is 28.0. The highest BCUT2D eigenvalue weighted by atomic mass is 28.4. The van der Waals surface area contributed by atoms with Crippen molar-refractivity contribution in [1.29, 1.82) is 0 Å². The number of rotatable bonds is 2. The molecule has 9 heteroatoms. The molecule has 8 nitrogen and oxygen atoms in total. The molecule has 0 aromatic heterocycles. The third kappa shape index (κ3) is 12.1. The van der Waals surface area contributed by atoms with Gasteiger partial charge in [0.1, 0.15) is 17.0 Å². The zero-order valence-corrected chi connectivity index (χ0v) is 22.4. The van der Waals surface area contributed by atoms with E-state index < -0.39 is 19.5 Å². The van der Waals surface area contributed by atoms with E-state index in [0.29, 0.717) is 39.0 Å². The fourth-order valence-electron chi connectivity index (χ4n) is 2.89. The van der Waals surface area contributed by atoms with Crippen LogP contribution < -0.4 is 0 Å². The minimum Gasteiger partial charge on any atom is -0.547 e. The van der Waals surface area contributed by atoms with Gasteiger partial charge in [-0.25, -0.2) is 9.59 Å². The van der Waals surface area contributed by atoms with Gasteiger partial charge in [0.2, 0.25) is 8.32 Å². The lowest BCUT2D eigenvalue weighted by Crippen LogP contribution is -2.41. The summed E-state index contributed by atoms with van der Waals surface area (Å²) in [7, 11) is -1.54. The monoisotopic (exact) mass is 470 g/mol. The number of nitrogens with zero attached hydrogens (tertiary/aromatic N) is 2.